The molecule has 44 heavy (non-hydrogen) atoms. The highest BCUT2D eigenvalue weighted by atomic mass is 15.5. The first-order chi connectivity index (χ1) is 21.6. The smallest absolute Gasteiger partial charge is 0.129 e. The van der Waals surface area contributed by atoms with E-state index in [1.54, 1.807) is 0 Å². The van der Waals surface area contributed by atoms with E-state index in [2.05, 4.69) is 13.8 Å². The van der Waals surface area contributed by atoms with Crippen LogP contribution >= 0.6 is 0 Å². The van der Waals surface area contributed by atoms with Crippen LogP contribution in [0.2, 0.25) is 0 Å². The van der Waals surface area contributed by atoms with Gasteiger partial charge in [0.2, 0.25) is 0 Å². The molecular formula is C40H82N4+4. The molecule has 0 aromatic rings. The molecule has 0 spiro atoms. The minimum absolute atomic E-state index is 1.37. The van der Waals surface area contributed by atoms with Gasteiger partial charge in [-0.05, 0) is 25.7 Å². The van der Waals surface area contributed by atoms with E-state index in [0.29, 0.717) is 0 Å². The van der Waals surface area contributed by atoms with E-state index in [-0.39, 0.29) is 0 Å². The zero-order valence-electron chi connectivity index (χ0n) is 30.7. The molecule has 0 aromatic heterocycles. The largest absolute Gasteiger partial charge is 0.310 e. The van der Waals surface area contributed by atoms with Crippen molar-refractivity contribution in [3.63, 3.8) is 0 Å². The number of rotatable bonds is 27. The van der Waals surface area contributed by atoms with Crippen LogP contribution in [0.3, 0.4) is 0 Å². The Morgan fingerprint density at radius 1 is 0.227 bits per heavy atom. The summed E-state index contributed by atoms with van der Waals surface area (Å²) in [7, 11) is 0. The molecule has 6 aliphatic rings. The summed E-state index contributed by atoms with van der Waals surface area (Å²) in [6.45, 7) is 28.6. The summed E-state index contributed by atoms with van der Waals surface area (Å²) in [5.41, 5.74) is 0. The predicted molar refractivity (Wildman–Crippen MR) is 192 cm³/mol. The van der Waals surface area contributed by atoms with Gasteiger partial charge in [0.05, 0.1) is 26.2 Å². The third-order valence-corrected chi connectivity index (χ3v) is 13.8. The lowest BCUT2D eigenvalue weighted by atomic mass is 10.0. The first-order valence-electron chi connectivity index (χ1n) is 21.0. The fourth-order valence-electron chi connectivity index (χ4n) is 9.99. The molecule has 6 aliphatic heterocycles. The van der Waals surface area contributed by atoms with Crippen LogP contribution < -0.4 is 0 Å². The van der Waals surface area contributed by atoms with Gasteiger partial charge in [-0.2, -0.15) is 0 Å². The normalized spacial score (nSPS) is 31.2. The average Bonchev–Trinajstić information content (AvgIpc) is 3.07. The van der Waals surface area contributed by atoms with E-state index < -0.39 is 0 Å². The van der Waals surface area contributed by atoms with E-state index in [1.165, 1.54) is 264 Å². The molecule has 4 bridgehead atoms. The molecule has 0 unspecified atom stereocenters. The highest BCUT2D eigenvalue weighted by molar-refractivity contribution is 4.65. The number of nitrogens with zero attached hydrogens (tertiary/aromatic N) is 4. The van der Waals surface area contributed by atoms with Crippen LogP contribution in [-0.2, 0) is 0 Å². The molecule has 4 nitrogen and oxygen atoms in total. The Balaban J connectivity index is 0.993. The van der Waals surface area contributed by atoms with Crippen molar-refractivity contribution >= 4 is 0 Å². The van der Waals surface area contributed by atoms with E-state index in [0.717, 1.165) is 0 Å². The van der Waals surface area contributed by atoms with Gasteiger partial charge in [0, 0.05) is 12.8 Å². The van der Waals surface area contributed by atoms with Gasteiger partial charge in [0.15, 0.2) is 0 Å². The highest BCUT2D eigenvalue weighted by Gasteiger charge is 2.50. The molecule has 0 N–H and O–H groups in total. The summed E-state index contributed by atoms with van der Waals surface area (Å²) in [6.07, 6.45) is 32.4. The van der Waals surface area contributed by atoms with Crippen molar-refractivity contribution in [2.24, 2.45) is 0 Å². The maximum atomic E-state index is 2.32. The Hall–Kier alpha value is -0.160. The molecule has 0 amide bonds. The summed E-state index contributed by atoms with van der Waals surface area (Å²) in [4.78, 5) is 0. The lowest BCUT2D eigenvalue weighted by Gasteiger charge is -2.56. The molecule has 0 aliphatic carbocycles. The van der Waals surface area contributed by atoms with Crippen molar-refractivity contribution in [1.82, 2.24) is 0 Å². The van der Waals surface area contributed by atoms with Gasteiger partial charge in [-0.15, -0.1) is 0 Å². The Morgan fingerprint density at radius 3 is 0.591 bits per heavy atom. The van der Waals surface area contributed by atoms with Crippen LogP contribution in [0.15, 0.2) is 0 Å². The van der Waals surface area contributed by atoms with Gasteiger partial charge >= 0.3 is 0 Å². The molecule has 6 rings (SSSR count). The fourth-order valence-corrected chi connectivity index (χ4v) is 9.99. The molecule has 0 aromatic carbocycles. The Kier molecular flexibility index (Phi) is 16.3. The van der Waals surface area contributed by atoms with Gasteiger partial charge in [0.1, 0.15) is 78.5 Å². The molecule has 6 fully saturated rings. The van der Waals surface area contributed by atoms with Crippen molar-refractivity contribution in [3.8, 4) is 0 Å². The highest BCUT2D eigenvalue weighted by Crippen LogP contribution is 2.30. The molecule has 4 heteroatoms. The second-order valence-corrected chi connectivity index (χ2v) is 17.0. The fraction of sp³-hybridized carbons (Fsp3) is 1.00. The van der Waals surface area contributed by atoms with Crippen LogP contribution in [0.4, 0.5) is 0 Å². The second kappa shape index (κ2) is 19.6. The van der Waals surface area contributed by atoms with Crippen LogP contribution in [0, 0.1) is 0 Å². The minimum Gasteiger partial charge on any atom is -0.310 e. The van der Waals surface area contributed by atoms with Gasteiger partial charge in [-0.3, -0.25) is 0 Å². The first kappa shape index (κ1) is 36.7. The second-order valence-electron chi connectivity index (χ2n) is 17.0. The Morgan fingerprint density at radius 2 is 0.386 bits per heavy atom. The summed E-state index contributed by atoms with van der Waals surface area (Å²) < 4.78 is 5.99. The number of hydrogen-bond acceptors (Lipinski definition) is 0. The molecule has 6 saturated heterocycles. The summed E-state index contributed by atoms with van der Waals surface area (Å²) in [6, 6.07) is 0. The predicted octanol–water partition coefficient (Wildman–Crippen LogP) is 8.93. The lowest BCUT2D eigenvalue weighted by molar-refractivity contribution is -1.08. The number of unbranched alkanes of at least 4 members (excludes halogenated alkanes) is 19. The topological polar surface area (TPSA) is 0 Å². The standard InChI is InChI=1S/C40H82N4/c1-3-5-7-9-11-13-15-17-19-21-25-41-29-35-43(36-30-41,37-31-41)27-23-24-28-44-38-32-42(33-39-44,34-40-44)26-22-20-18-16-14-12-10-8-6-4-2/h3-40H2,1-2H3/q+4. The number of fused-ring (bicyclic) bond motifs is 6. The maximum absolute atomic E-state index is 2.32. The number of piperazine rings is 6. The Labute approximate surface area is 277 Å². The van der Waals surface area contributed by atoms with Gasteiger partial charge in [-0.1, -0.05) is 117 Å². The van der Waals surface area contributed by atoms with Gasteiger partial charge in [-0.25, -0.2) is 0 Å². The van der Waals surface area contributed by atoms with Crippen LogP contribution in [-0.4, -0.2) is 123 Å². The monoisotopic (exact) mass is 619 g/mol. The van der Waals surface area contributed by atoms with Gasteiger partial charge in [0.25, 0.3) is 0 Å². The van der Waals surface area contributed by atoms with Crippen LogP contribution in [0.25, 0.3) is 0 Å². The SMILES string of the molecule is CCCCCCCCCCCC[N+]12CC[N+](CCCC[N+]34CC[N+](CCCCCCCCCCCC)(CC3)CC4)(CC1)CC2. The minimum atomic E-state index is 1.37. The van der Waals surface area contributed by atoms with Crippen molar-refractivity contribution in [2.75, 3.05) is 105 Å². The van der Waals surface area contributed by atoms with E-state index in [9.17, 15) is 0 Å². The number of hydrogen-bond donors (Lipinski definition) is 0. The van der Waals surface area contributed by atoms with E-state index in [1.807, 2.05) is 0 Å². The number of quaternary nitrogens is 4. The van der Waals surface area contributed by atoms with Crippen molar-refractivity contribution in [1.29, 1.82) is 0 Å². The van der Waals surface area contributed by atoms with E-state index in [4.69, 9.17) is 0 Å². The Bertz CT molecular complexity index is 639. The van der Waals surface area contributed by atoms with Crippen LogP contribution in [0.5, 0.6) is 0 Å². The molecule has 6 heterocycles. The van der Waals surface area contributed by atoms with Crippen molar-refractivity contribution in [2.45, 2.75) is 155 Å². The zero-order chi connectivity index (χ0) is 30.9. The molecular weight excluding hydrogens is 536 g/mol. The lowest BCUT2D eigenvalue weighted by Crippen LogP contribution is -2.75. The van der Waals surface area contributed by atoms with Gasteiger partial charge < -0.3 is 17.9 Å². The molecule has 0 radical (unpaired) electrons. The molecule has 0 atom stereocenters. The van der Waals surface area contributed by atoms with Crippen LogP contribution in [0.1, 0.15) is 155 Å². The quantitative estimate of drug-likeness (QED) is 0.0637. The third kappa shape index (κ3) is 11.8. The molecule has 0 saturated carbocycles. The van der Waals surface area contributed by atoms with Crippen molar-refractivity contribution < 1.29 is 17.9 Å². The third-order valence-electron chi connectivity index (χ3n) is 13.8. The maximum Gasteiger partial charge on any atom is 0.129 e. The average molecular weight is 619 g/mol. The van der Waals surface area contributed by atoms with E-state index >= 15 is 0 Å². The summed E-state index contributed by atoms with van der Waals surface area (Å²) in [5, 5.41) is 0. The first-order valence-corrected chi connectivity index (χ1v) is 21.0. The summed E-state index contributed by atoms with van der Waals surface area (Å²) in [5.74, 6) is 0. The summed E-state index contributed by atoms with van der Waals surface area (Å²) >= 11 is 0. The zero-order valence-corrected chi connectivity index (χ0v) is 30.7. The van der Waals surface area contributed by atoms with Crippen molar-refractivity contribution in [3.05, 3.63) is 0 Å². The molecule has 258 valence electrons.